The van der Waals surface area contributed by atoms with E-state index in [2.05, 4.69) is 33.4 Å². The van der Waals surface area contributed by atoms with Crippen LogP contribution in [0.15, 0.2) is 28.2 Å². The molecule has 0 unspecified atom stereocenters. The standard InChI is InChI=1S/C15H18BrNO2/c16-13-1-2-14-12(6-13)5-11(8-19-14)7-17-9-15(10-18)3-4-15/h1-2,5-6,17-18H,3-4,7-10H2. The highest BCUT2D eigenvalue weighted by Crippen LogP contribution is 2.44. The number of fused-ring (bicyclic) bond motifs is 1. The van der Waals surface area contributed by atoms with Gasteiger partial charge in [0, 0.05) is 35.1 Å². The van der Waals surface area contributed by atoms with Gasteiger partial charge in [-0.2, -0.15) is 0 Å². The SMILES string of the molecule is OCC1(CNCC2=Cc3cc(Br)ccc3OC2)CC1. The Labute approximate surface area is 121 Å². The van der Waals surface area contributed by atoms with Crippen LogP contribution < -0.4 is 10.1 Å². The lowest BCUT2D eigenvalue weighted by Gasteiger charge is -2.19. The Bertz CT molecular complexity index is 509. The van der Waals surface area contributed by atoms with Gasteiger partial charge in [-0.25, -0.2) is 0 Å². The summed E-state index contributed by atoms with van der Waals surface area (Å²) in [6.45, 7) is 2.67. The molecule has 1 aliphatic carbocycles. The normalized spacial score (nSPS) is 19.4. The second kappa shape index (κ2) is 5.27. The Balaban J connectivity index is 1.60. The van der Waals surface area contributed by atoms with Crippen LogP contribution >= 0.6 is 15.9 Å². The number of aliphatic hydroxyl groups is 1. The van der Waals surface area contributed by atoms with Crippen molar-refractivity contribution in [3.8, 4) is 5.75 Å². The second-order valence-electron chi connectivity index (χ2n) is 5.54. The lowest BCUT2D eigenvalue weighted by molar-refractivity contribution is 0.208. The predicted molar refractivity (Wildman–Crippen MR) is 79.2 cm³/mol. The number of benzene rings is 1. The zero-order chi connectivity index (χ0) is 13.3. The van der Waals surface area contributed by atoms with Crippen LogP contribution in [0.2, 0.25) is 0 Å². The smallest absolute Gasteiger partial charge is 0.127 e. The van der Waals surface area contributed by atoms with E-state index in [4.69, 9.17) is 4.74 Å². The first-order chi connectivity index (χ1) is 9.21. The highest BCUT2D eigenvalue weighted by atomic mass is 79.9. The van der Waals surface area contributed by atoms with Crippen molar-refractivity contribution in [2.75, 3.05) is 26.3 Å². The maximum atomic E-state index is 9.27. The van der Waals surface area contributed by atoms with Crippen molar-refractivity contribution in [2.45, 2.75) is 12.8 Å². The summed E-state index contributed by atoms with van der Waals surface area (Å²) in [6.07, 6.45) is 4.47. The van der Waals surface area contributed by atoms with Gasteiger partial charge in [0.05, 0.1) is 0 Å². The van der Waals surface area contributed by atoms with Gasteiger partial charge in [0.2, 0.25) is 0 Å². The summed E-state index contributed by atoms with van der Waals surface area (Å²) in [5.41, 5.74) is 2.54. The van der Waals surface area contributed by atoms with Crippen molar-refractivity contribution in [1.82, 2.24) is 5.32 Å². The van der Waals surface area contributed by atoms with Gasteiger partial charge in [0.15, 0.2) is 0 Å². The van der Waals surface area contributed by atoms with E-state index in [0.29, 0.717) is 13.2 Å². The fraction of sp³-hybridized carbons (Fsp3) is 0.467. The molecule has 3 rings (SSSR count). The highest BCUT2D eigenvalue weighted by Gasteiger charge is 2.41. The molecule has 0 bridgehead atoms. The lowest BCUT2D eigenvalue weighted by atomic mass is 10.1. The van der Waals surface area contributed by atoms with Gasteiger partial charge in [0.1, 0.15) is 12.4 Å². The van der Waals surface area contributed by atoms with Crippen molar-refractivity contribution in [3.63, 3.8) is 0 Å². The molecule has 19 heavy (non-hydrogen) atoms. The van der Waals surface area contributed by atoms with Gasteiger partial charge >= 0.3 is 0 Å². The minimum absolute atomic E-state index is 0.164. The predicted octanol–water partition coefficient (Wildman–Crippen LogP) is 2.59. The third-order valence-electron chi connectivity index (χ3n) is 3.89. The molecule has 1 aromatic carbocycles. The summed E-state index contributed by atoms with van der Waals surface area (Å²) in [5, 5.41) is 12.7. The third-order valence-corrected chi connectivity index (χ3v) is 4.38. The number of rotatable bonds is 5. The van der Waals surface area contributed by atoms with Gasteiger partial charge in [-0.3, -0.25) is 0 Å². The molecule has 0 spiro atoms. The van der Waals surface area contributed by atoms with E-state index in [9.17, 15) is 5.11 Å². The van der Waals surface area contributed by atoms with Crippen molar-refractivity contribution in [3.05, 3.63) is 33.8 Å². The summed E-state index contributed by atoms with van der Waals surface area (Å²) >= 11 is 3.48. The molecule has 2 aliphatic rings. The number of halogens is 1. The maximum absolute atomic E-state index is 9.27. The molecule has 0 aromatic heterocycles. The van der Waals surface area contributed by atoms with E-state index in [1.54, 1.807) is 0 Å². The van der Waals surface area contributed by atoms with Crippen LogP contribution in [-0.4, -0.2) is 31.4 Å². The van der Waals surface area contributed by atoms with Crippen LogP contribution in [0, 0.1) is 5.41 Å². The van der Waals surface area contributed by atoms with Crippen LogP contribution in [0.3, 0.4) is 0 Å². The molecule has 1 aromatic rings. The Morgan fingerprint density at radius 1 is 1.37 bits per heavy atom. The summed E-state index contributed by atoms with van der Waals surface area (Å²) in [6, 6.07) is 6.06. The Morgan fingerprint density at radius 3 is 2.95 bits per heavy atom. The largest absolute Gasteiger partial charge is 0.489 e. The first kappa shape index (κ1) is 13.2. The van der Waals surface area contributed by atoms with Gasteiger partial charge in [-0.05, 0) is 42.7 Å². The summed E-state index contributed by atoms with van der Waals surface area (Å²) in [7, 11) is 0. The molecule has 0 saturated heterocycles. The molecule has 2 N–H and O–H groups in total. The molecule has 1 fully saturated rings. The van der Waals surface area contributed by atoms with Gasteiger partial charge in [0.25, 0.3) is 0 Å². The molecule has 3 nitrogen and oxygen atoms in total. The van der Waals surface area contributed by atoms with E-state index in [-0.39, 0.29) is 5.41 Å². The Kier molecular flexibility index (Phi) is 3.65. The average Bonchev–Trinajstić information content (AvgIpc) is 3.19. The molecular formula is C15H18BrNO2. The third kappa shape index (κ3) is 3.02. The zero-order valence-electron chi connectivity index (χ0n) is 10.8. The molecular weight excluding hydrogens is 306 g/mol. The Hall–Kier alpha value is -0.840. The van der Waals surface area contributed by atoms with Crippen LogP contribution in [0.4, 0.5) is 0 Å². The molecule has 1 saturated carbocycles. The number of aliphatic hydroxyl groups excluding tert-OH is 1. The summed E-state index contributed by atoms with van der Waals surface area (Å²) in [5.74, 6) is 0.945. The van der Waals surface area contributed by atoms with Crippen molar-refractivity contribution in [1.29, 1.82) is 0 Å². The molecule has 0 atom stereocenters. The van der Waals surface area contributed by atoms with Crippen molar-refractivity contribution < 1.29 is 9.84 Å². The van der Waals surface area contributed by atoms with Crippen LogP contribution in [0.1, 0.15) is 18.4 Å². The van der Waals surface area contributed by atoms with Gasteiger partial charge < -0.3 is 15.2 Å². The molecule has 1 aliphatic heterocycles. The molecule has 4 heteroatoms. The highest BCUT2D eigenvalue weighted by molar-refractivity contribution is 9.10. The number of nitrogens with one attached hydrogen (secondary N) is 1. The monoisotopic (exact) mass is 323 g/mol. The summed E-state index contributed by atoms with van der Waals surface area (Å²) in [4.78, 5) is 0. The minimum Gasteiger partial charge on any atom is -0.489 e. The Morgan fingerprint density at radius 2 is 2.21 bits per heavy atom. The van der Waals surface area contributed by atoms with E-state index >= 15 is 0 Å². The van der Waals surface area contributed by atoms with Crippen LogP contribution in [-0.2, 0) is 0 Å². The topological polar surface area (TPSA) is 41.5 Å². The first-order valence-corrected chi connectivity index (χ1v) is 7.43. The maximum Gasteiger partial charge on any atom is 0.127 e. The number of ether oxygens (including phenoxy) is 1. The van der Waals surface area contributed by atoms with Crippen LogP contribution in [0.5, 0.6) is 5.75 Å². The van der Waals surface area contributed by atoms with Gasteiger partial charge in [-0.15, -0.1) is 0 Å². The molecule has 0 radical (unpaired) electrons. The lowest BCUT2D eigenvalue weighted by Crippen LogP contribution is -2.29. The molecule has 102 valence electrons. The summed E-state index contributed by atoms with van der Waals surface area (Å²) < 4.78 is 6.80. The van der Waals surface area contributed by atoms with E-state index in [1.807, 2.05) is 12.1 Å². The minimum atomic E-state index is 0.164. The van der Waals surface area contributed by atoms with E-state index in [0.717, 1.165) is 41.7 Å². The number of hydrogen-bond donors (Lipinski definition) is 2. The van der Waals surface area contributed by atoms with E-state index < -0.39 is 0 Å². The molecule has 1 heterocycles. The average molecular weight is 324 g/mol. The quantitative estimate of drug-likeness (QED) is 0.875. The first-order valence-electron chi connectivity index (χ1n) is 6.64. The van der Waals surface area contributed by atoms with Crippen LogP contribution in [0.25, 0.3) is 6.08 Å². The fourth-order valence-corrected chi connectivity index (χ4v) is 2.73. The van der Waals surface area contributed by atoms with Crippen molar-refractivity contribution >= 4 is 22.0 Å². The second-order valence-corrected chi connectivity index (χ2v) is 6.45. The zero-order valence-corrected chi connectivity index (χ0v) is 12.4. The van der Waals surface area contributed by atoms with Gasteiger partial charge in [-0.1, -0.05) is 15.9 Å². The number of hydrogen-bond acceptors (Lipinski definition) is 3. The fourth-order valence-electron chi connectivity index (χ4n) is 2.35. The van der Waals surface area contributed by atoms with Crippen molar-refractivity contribution in [2.24, 2.45) is 5.41 Å². The molecule has 0 amide bonds. The van der Waals surface area contributed by atoms with E-state index in [1.165, 1.54) is 5.57 Å².